The minimum atomic E-state index is -0.607. The molecule has 0 fully saturated rings. The standard InChI is InChI=1S/C19H16ClFN6O2S/c1-26-17-15(6-12(20)7-22-17)29-9-14(19(26)30)24-18(28)16-23-10-27(25-16)8-11-4-2-3-5-13(11)21/h2-7,10,14H,8-9H2,1H3,(H,24,28)/t14-/m0/s1. The van der Waals surface area contributed by atoms with Crippen molar-refractivity contribution in [1.29, 1.82) is 0 Å². The number of pyridine rings is 1. The molecule has 30 heavy (non-hydrogen) atoms. The van der Waals surface area contributed by atoms with Gasteiger partial charge in [0.05, 0.1) is 11.6 Å². The van der Waals surface area contributed by atoms with Gasteiger partial charge in [0.1, 0.15) is 29.8 Å². The highest BCUT2D eigenvalue weighted by Crippen LogP contribution is 2.30. The van der Waals surface area contributed by atoms with Gasteiger partial charge in [-0.2, -0.15) is 0 Å². The number of carbonyl (C=O) groups excluding carboxylic acids is 1. The fraction of sp³-hybridized carbons (Fsp3) is 0.211. The average Bonchev–Trinajstić information content (AvgIpc) is 3.16. The molecule has 2 aromatic heterocycles. The van der Waals surface area contributed by atoms with Crippen LogP contribution in [0.1, 0.15) is 16.2 Å². The first-order valence-electron chi connectivity index (χ1n) is 8.92. The molecule has 1 aliphatic heterocycles. The molecule has 154 valence electrons. The average molecular weight is 447 g/mol. The van der Waals surface area contributed by atoms with E-state index in [0.717, 1.165) is 0 Å². The van der Waals surface area contributed by atoms with Gasteiger partial charge in [0, 0.05) is 24.9 Å². The SMILES string of the molecule is CN1C(=S)[C@@H](NC(=O)c2ncn(Cc3ccccc3F)n2)COc2cc(Cl)cnc21. The Morgan fingerprint density at radius 2 is 2.20 bits per heavy atom. The molecule has 0 bridgehead atoms. The number of nitrogens with zero attached hydrogens (tertiary/aromatic N) is 5. The van der Waals surface area contributed by atoms with Crippen LogP contribution in [-0.4, -0.2) is 50.3 Å². The number of aromatic nitrogens is 4. The van der Waals surface area contributed by atoms with Crippen LogP contribution in [-0.2, 0) is 6.54 Å². The highest BCUT2D eigenvalue weighted by atomic mass is 35.5. The summed E-state index contributed by atoms with van der Waals surface area (Å²) >= 11 is 11.5. The van der Waals surface area contributed by atoms with E-state index < -0.39 is 11.9 Å². The molecule has 0 aliphatic carbocycles. The molecule has 11 heteroatoms. The molecule has 1 amide bonds. The predicted octanol–water partition coefficient (Wildman–Crippen LogP) is 2.47. The van der Waals surface area contributed by atoms with Crippen LogP contribution in [0.5, 0.6) is 5.75 Å². The lowest BCUT2D eigenvalue weighted by Gasteiger charge is -2.22. The normalized spacial score (nSPS) is 15.9. The molecular weight excluding hydrogens is 431 g/mol. The van der Waals surface area contributed by atoms with Crippen molar-refractivity contribution in [3.63, 3.8) is 0 Å². The molecule has 0 spiro atoms. The second-order valence-electron chi connectivity index (χ2n) is 6.57. The molecule has 3 heterocycles. The highest BCUT2D eigenvalue weighted by Gasteiger charge is 2.29. The largest absolute Gasteiger partial charge is 0.487 e. The van der Waals surface area contributed by atoms with Gasteiger partial charge in [0.25, 0.3) is 5.91 Å². The minimum absolute atomic E-state index is 0.0558. The van der Waals surface area contributed by atoms with Crippen LogP contribution in [0, 0.1) is 5.82 Å². The molecule has 4 rings (SSSR count). The number of ether oxygens (including phenoxy) is 1. The summed E-state index contributed by atoms with van der Waals surface area (Å²) in [7, 11) is 1.73. The van der Waals surface area contributed by atoms with Crippen LogP contribution < -0.4 is 15.0 Å². The number of fused-ring (bicyclic) bond motifs is 1. The number of hydrogen-bond donors (Lipinski definition) is 1. The van der Waals surface area contributed by atoms with Gasteiger partial charge in [0.15, 0.2) is 11.6 Å². The summed E-state index contributed by atoms with van der Waals surface area (Å²) in [6.07, 6.45) is 2.87. The van der Waals surface area contributed by atoms with E-state index in [0.29, 0.717) is 27.1 Å². The number of benzene rings is 1. The summed E-state index contributed by atoms with van der Waals surface area (Å²) < 4.78 is 20.9. The Hall–Kier alpha value is -3.11. The predicted molar refractivity (Wildman–Crippen MR) is 113 cm³/mol. The Morgan fingerprint density at radius 1 is 1.40 bits per heavy atom. The zero-order valence-corrected chi connectivity index (χ0v) is 17.3. The van der Waals surface area contributed by atoms with Gasteiger partial charge < -0.3 is 15.0 Å². The molecule has 3 aromatic rings. The van der Waals surface area contributed by atoms with Gasteiger partial charge in [-0.3, -0.25) is 4.79 Å². The molecule has 8 nitrogen and oxygen atoms in total. The number of thiocarbonyl (C=S) groups is 1. The fourth-order valence-electron chi connectivity index (χ4n) is 2.96. The summed E-state index contributed by atoms with van der Waals surface area (Å²) in [4.78, 5) is 23.0. The number of anilines is 1. The Balaban J connectivity index is 1.46. The Kier molecular flexibility index (Phi) is 5.60. The van der Waals surface area contributed by atoms with Gasteiger partial charge in [-0.15, -0.1) is 5.10 Å². The molecule has 0 radical (unpaired) electrons. The molecule has 0 saturated heterocycles. The zero-order chi connectivity index (χ0) is 21.3. The quantitative estimate of drug-likeness (QED) is 0.616. The van der Waals surface area contributed by atoms with E-state index >= 15 is 0 Å². The number of hydrogen-bond acceptors (Lipinski definition) is 6. The van der Waals surface area contributed by atoms with Crippen LogP contribution in [0.4, 0.5) is 10.2 Å². The maximum atomic E-state index is 13.8. The van der Waals surface area contributed by atoms with Crippen LogP contribution in [0.3, 0.4) is 0 Å². The lowest BCUT2D eigenvalue weighted by Crippen LogP contribution is -2.48. The summed E-state index contributed by atoms with van der Waals surface area (Å²) in [6, 6.07) is 7.38. The number of halogens is 2. The molecule has 1 atom stereocenters. The maximum Gasteiger partial charge on any atom is 0.291 e. The lowest BCUT2D eigenvalue weighted by atomic mass is 10.2. The van der Waals surface area contributed by atoms with E-state index in [1.165, 1.54) is 23.3 Å². The van der Waals surface area contributed by atoms with Crippen molar-refractivity contribution in [1.82, 2.24) is 25.1 Å². The van der Waals surface area contributed by atoms with Crippen molar-refractivity contribution < 1.29 is 13.9 Å². The van der Waals surface area contributed by atoms with Crippen molar-refractivity contribution in [2.75, 3.05) is 18.6 Å². The van der Waals surface area contributed by atoms with Gasteiger partial charge in [-0.25, -0.2) is 19.0 Å². The summed E-state index contributed by atoms with van der Waals surface area (Å²) in [5.41, 5.74) is 0.443. The van der Waals surface area contributed by atoms with Crippen molar-refractivity contribution in [3.8, 4) is 5.75 Å². The number of carbonyl (C=O) groups is 1. The van der Waals surface area contributed by atoms with Crippen LogP contribution >= 0.6 is 23.8 Å². The number of rotatable bonds is 4. The fourth-order valence-corrected chi connectivity index (χ4v) is 3.32. The number of amides is 1. The first-order valence-corrected chi connectivity index (χ1v) is 9.70. The third-order valence-corrected chi connectivity index (χ3v) is 5.25. The number of nitrogens with one attached hydrogen (secondary N) is 1. The van der Waals surface area contributed by atoms with Gasteiger partial charge in [-0.05, 0) is 6.07 Å². The third-order valence-electron chi connectivity index (χ3n) is 4.49. The minimum Gasteiger partial charge on any atom is -0.487 e. The lowest BCUT2D eigenvalue weighted by molar-refractivity contribution is 0.0927. The number of likely N-dealkylation sites (N-methyl/N-ethyl adjacent to an activating group) is 1. The van der Waals surface area contributed by atoms with Gasteiger partial charge in [-0.1, -0.05) is 42.0 Å². The van der Waals surface area contributed by atoms with E-state index in [2.05, 4.69) is 20.4 Å². The Labute approximate surface area is 181 Å². The van der Waals surface area contributed by atoms with Crippen molar-refractivity contribution in [2.24, 2.45) is 0 Å². The van der Waals surface area contributed by atoms with E-state index in [4.69, 9.17) is 28.6 Å². The first kappa shape index (κ1) is 20.2. The molecule has 1 aliphatic rings. The van der Waals surface area contributed by atoms with Gasteiger partial charge >= 0.3 is 0 Å². The van der Waals surface area contributed by atoms with E-state index in [1.54, 1.807) is 36.2 Å². The first-order chi connectivity index (χ1) is 14.4. The van der Waals surface area contributed by atoms with Gasteiger partial charge in [0.2, 0.25) is 5.82 Å². The molecular formula is C19H16ClFN6O2S. The monoisotopic (exact) mass is 446 g/mol. The summed E-state index contributed by atoms with van der Waals surface area (Å²) in [5.74, 6) is 0.0457. The van der Waals surface area contributed by atoms with Crippen molar-refractivity contribution in [3.05, 3.63) is 65.1 Å². The Morgan fingerprint density at radius 3 is 3.00 bits per heavy atom. The second kappa shape index (κ2) is 8.33. The molecule has 1 N–H and O–H groups in total. The smallest absolute Gasteiger partial charge is 0.291 e. The van der Waals surface area contributed by atoms with E-state index in [9.17, 15) is 9.18 Å². The van der Waals surface area contributed by atoms with Crippen LogP contribution in [0.25, 0.3) is 0 Å². The van der Waals surface area contributed by atoms with E-state index in [1.807, 2.05) is 0 Å². The maximum absolute atomic E-state index is 13.8. The highest BCUT2D eigenvalue weighted by molar-refractivity contribution is 7.80. The molecule has 1 aromatic carbocycles. The zero-order valence-electron chi connectivity index (χ0n) is 15.7. The summed E-state index contributed by atoms with van der Waals surface area (Å²) in [6.45, 7) is 0.252. The third kappa shape index (κ3) is 4.10. The van der Waals surface area contributed by atoms with Crippen LogP contribution in [0.2, 0.25) is 5.02 Å². The van der Waals surface area contributed by atoms with Crippen molar-refractivity contribution in [2.45, 2.75) is 12.6 Å². The topological polar surface area (TPSA) is 85.2 Å². The Bertz CT molecular complexity index is 1120. The summed E-state index contributed by atoms with van der Waals surface area (Å²) in [5, 5.41) is 7.33. The molecule has 0 saturated carbocycles. The van der Waals surface area contributed by atoms with E-state index in [-0.39, 0.29) is 24.8 Å². The van der Waals surface area contributed by atoms with Crippen molar-refractivity contribution >= 4 is 40.5 Å². The van der Waals surface area contributed by atoms with Crippen LogP contribution in [0.15, 0.2) is 42.9 Å². The second-order valence-corrected chi connectivity index (χ2v) is 7.42. The molecule has 0 unspecified atom stereocenters.